The van der Waals surface area contributed by atoms with Crippen molar-refractivity contribution in [3.8, 4) is 17.7 Å². The molecule has 0 aliphatic carbocycles. The molecule has 0 saturated carbocycles. The molecule has 0 saturated heterocycles. The third-order valence-corrected chi connectivity index (χ3v) is 6.62. The van der Waals surface area contributed by atoms with Crippen molar-refractivity contribution < 1.29 is 14.4 Å². The van der Waals surface area contributed by atoms with Gasteiger partial charge in [-0.15, -0.1) is 5.10 Å². The van der Waals surface area contributed by atoms with Crippen LogP contribution in [0.4, 0.5) is 5.69 Å². The molecule has 9 nitrogen and oxygen atoms in total. The number of hydrogen-bond donors (Lipinski definition) is 2. The summed E-state index contributed by atoms with van der Waals surface area (Å²) in [6, 6.07) is 12.3. The van der Waals surface area contributed by atoms with E-state index in [0.717, 1.165) is 29.5 Å². The van der Waals surface area contributed by atoms with E-state index in [1.165, 1.54) is 12.1 Å². The van der Waals surface area contributed by atoms with Crippen LogP contribution in [0.15, 0.2) is 47.9 Å². The monoisotopic (exact) mass is 655 g/mol. The van der Waals surface area contributed by atoms with Crippen molar-refractivity contribution in [1.82, 2.24) is 10.2 Å². The van der Waals surface area contributed by atoms with Crippen LogP contribution in [0, 0.1) is 35.5 Å². The standard InChI is InChI=1S/C21H15I2N5O4/c1-10-17-18(14(8-24)20(25)32-21(17)27-26-10)12-6-15(22)19(16(23)7-12)31-9-11-2-4-13(5-3-11)28(29)30/h2-7,18H,9,25H2,1H3,(H,26,27)/t18-/m1/s1. The van der Waals surface area contributed by atoms with Crippen LogP contribution in [-0.4, -0.2) is 15.1 Å². The molecule has 1 aliphatic heterocycles. The van der Waals surface area contributed by atoms with Crippen LogP contribution in [0.2, 0.25) is 0 Å². The number of benzene rings is 2. The lowest BCUT2D eigenvalue weighted by Gasteiger charge is -2.24. The lowest BCUT2D eigenvalue weighted by Crippen LogP contribution is -2.21. The molecule has 32 heavy (non-hydrogen) atoms. The maximum absolute atomic E-state index is 10.8. The molecule has 11 heteroatoms. The van der Waals surface area contributed by atoms with Crippen molar-refractivity contribution >= 4 is 50.9 Å². The van der Waals surface area contributed by atoms with E-state index in [2.05, 4.69) is 61.4 Å². The Kier molecular flexibility index (Phi) is 6.24. The molecule has 0 unspecified atom stereocenters. The molecule has 0 spiro atoms. The number of nitro benzene ring substituents is 1. The highest BCUT2D eigenvalue weighted by Crippen LogP contribution is 2.44. The maximum Gasteiger partial charge on any atom is 0.269 e. The molecule has 1 aromatic heterocycles. The van der Waals surface area contributed by atoms with Crippen LogP contribution >= 0.6 is 45.2 Å². The van der Waals surface area contributed by atoms with Gasteiger partial charge in [-0.2, -0.15) is 5.26 Å². The number of ether oxygens (including phenoxy) is 2. The van der Waals surface area contributed by atoms with Gasteiger partial charge in [0.15, 0.2) is 0 Å². The minimum atomic E-state index is -0.435. The molecule has 2 heterocycles. The van der Waals surface area contributed by atoms with Gasteiger partial charge in [0, 0.05) is 23.4 Å². The number of nitriles is 1. The Morgan fingerprint density at radius 3 is 2.56 bits per heavy atom. The Morgan fingerprint density at radius 1 is 1.31 bits per heavy atom. The number of allylic oxidation sites excluding steroid dienone is 1. The van der Waals surface area contributed by atoms with Crippen LogP contribution < -0.4 is 15.2 Å². The van der Waals surface area contributed by atoms with Crippen LogP contribution in [-0.2, 0) is 6.61 Å². The molecule has 0 amide bonds. The van der Waals surface area contributed by atoms with E-state index in [1.807, 2.05) is 19.1 Å². The molecule has 3 aromatic rings. The van der Waals surface area contributed by atoms with Crippen molar-refractivity contribution in [1.29, 1.82) is 5.26 Å². The summed E-state index contributed by atoms with van der Waals surface area (Å²) < 4.78 is 13.3. The summed E-state index contributed by atoms with van der Waals surface area (Å²) in [5.74, 6) is 0.695. The van der Waals surface area contributed by atoms with E-state index in [9.17, 15) is 15.4 Å². The van der Waals surface area contributed by atoms with E-state index < -0.39 is 10.8 Å². The van der Waals surface area contributed by atoms with Gasteiger partial charge in [-0.25, -0.2) is 0 Å². The first kappa shape index (κ1) is 22.3. The quantitative estimate of drug-likeness (QED) is 0.232. The number of nitro groups is 1. The average molecular weight is 655 g/mol. The second-order valence-electron chi connectivity index (χ2n) is 7.02. The summed E-state index contributed by atoms with van der Waals surface area (Å²) >= 11 is 4.38. The first-order chi connectivity index (χ1) is 15.3. The van der Waals surface area contributed by atoms with E-state index >= 15 is 0 Å². The van der Waals surface area contributed by atoms with E-state index in [4.69, 9.17) is 15.2 Å². The lowest BCUT2D eigenvalue weighted by atomic mass is 9.84. The van der Waals surface area contributed by atoms with Crippen LogP contribution in [0.1, 0.15) is 28.3 Å². The Bertz CT molecular complexity index is 1270. The normalized spacial score (nSPS) is 15.0. The zero-order valence-corrected chi connectivity index (χ0v) is 20.9. The van der Waals surface area contributed by atoms with Gasteiger partial charge in [0.05, 0.1) is 18.0 Å². The number of nitrogens with zero attached hydrogens (tertiary/aromatic N) is 3. The molecule has 3 N–H and O–H groups in total. The first-order valence-corrected chi connectivity index (χ1v) is 11.4. The van der Waals surface area contributed by atoms with Gasteiger partial charge in [-0.05, 0) is 87.5 Å². The van der Waals surface area contributed by atoms with E-state index in [0.29, 0.717) is 17.2 Å². The molecule has 1 aliphatic rings. The highest BCUT2D eigenvalue weighted by molar-refractivity contribution is 14.1. The Balaban J connectivity index is 1.65. The topological polar surface area (TPSA) is 140 Å². The number of H-pyrrole nitrogens is 1. The van der Waals surface area contributed by atoms with Gasteiger partial charge in [0.2, 0.25) is 11.8 Å². The SMILES string of the molecule is Cc1[nH]nc2c1[C@H](c1cc(I)c(OCc3ccc([N+](=O)[O-])cc3)c(I)c1)C(C#N)=C(N)O2. The molecule has 0 bridgehead atoms. The summed E-state index contributed by atoms with van der Waals surface area (Å²) in [6.07, 6.45) is 0. The molecule has 1 atom stereocenters. The summed E-state index contributed by atoms with van der Waals surface area (Å²) in [7, 11) is 0. The molecule has 0 radical (unpaired) electrons. The fourth-order valence-electron chi connectivity index (χ4n) is 3.49. The number of hydrogen-bond acceptors (Lipinski definition) is 7. The second kappa shape index (κ2) is 8.94. The highest BCUT2D eigenvalue weighted by Gasteiger charge is 2.34. The Labute approximate surface area is 210 Å². The number of halogens is 2. The summed E-state index contributed by atoms with van der Waals surface area (Å²) in [5, 5.41) is 27.6. The molecule has 4 rings (SSSR count). The van der Waals surface area contributed by atoms with E-state index in [-0.39, 0.29) is 18.2 Å². The summed E-state index contributed by atoms with van der Waals surface area (Å²) in [6.45, 7) is 2.14. The zero-order chi connectivity index (χ0) is 23.0. The second-order valence-corrected chi connectivity index (χ2v) is 9.34. The number of aryl methyl sites for hydroxylation is 1. The van der Waals surface area contributed by atoms with E-state index in [1.54, 1.807) is 12.1 Å². The number of rotatable bonds is 5. The highest BCUT2D eigenvalue weighted by atomic mass is 127. The Morgan fingerprint density at radius 2 is 1.97 bits per heavy atom. The third-order valence-electron chi connectivity index (χ3n) is 5.01. The van der Waals surface area contributed by atoms with Crippen molar-refractivity contribution in [2.45, 2.75) is 19.4 Å². The third kappa shape index (κ3) is 4.11. The van der Waals surface area contributed by atoms with Gasteiger partial charge in [-0.3, -0.25) is 15.2 Å². The van der Waals surface area contributed by atoms with Crippen molar-refractivity contribution in [2.24, 2.45) is 5.73 Å². The fraction of sp³-hybridized carbons (Fsp3) is 0.143. The zero-order valence-electron chi connectivity index (χ0n) is 16.6. The summed E-state index contributed by atoms with van der Waals surface area (Å²) in [5.41, 5.74) is 9.63. The van der Waals surface area contributed by atoms with Gasteiger partial charge >= 0.3 is 0 Å². The molecule has 0 fully saturated rings. The Hall–Kier alpha value is -2.86. The van der Waals surface area contributed by atoms with Gasteiger partial charge < -0.3 is 15.2 Å². The van der Waals surface area contributed by atoms with Gasteiger partial charge in [0.25, 0.3) is 5.69 Å². The summed E-state index contributed by atoms with van der Waals surface area (Å²) in [4.78, 5) is 10.4. The predicted molar refractivity (Wildman–Crippen MR) is 132 cm³/mol. The molecule has 162 valence electrons. The fourth-order valence-corrected chi connectivity index (χ4v) is 5.61. The average Bonchev–Trinajstić information content (AvgIpc) is 3.12. The van der Waals surface area contributed by atoms with Crippen LogP contribution in [0.3, 0.4) is 0 Å². The van der Waals surface area contributed by atoms with Crippen LogP contribution in [0.5, 0.6) is 11.6 Å². The number of aromatic nitrogens is 2. The predicted octanol–water partition coefficient (Wildman–Crippen LogP) is 4.63. The minimum absolute atomic E-state index is 0.0354. The minimum Gasteiger partial charge on any atom is -0.487 e. The van der Waals surface area contributed by atoms with Crippen LogP contribution in [0.25, 0.3) is 0 Å². The molecular formula is C21H15I2N5O4. The smallest absolute Gasteiger partial charge is 0.269 e. The number of aromatic amines is 1. The number of nitrogens with two attached hydrogens (primary N) is 1. The lowest BCUT2D eigenvalue weighted by molar-refractivity contribution is -0.384. The largest absolute Gasteiger partial charge is 0.487 e. The van der Waals surface area contributed by atoms with Gasteiger partial charge in [-0.1, -0.05) is 0 Å². The van der Waals surface area contributed by atoms with Crippen molar-refractivity contribution in [3.63, 3.8) is 0 Å². The molecule has 2 aromatic carbocycles. The number of non-ortho nitro benzene ring substituents is 1. The maximum atomic E-state index is 10.8. The number of nitrogens with one attached hydrogen (secondary N) is 1. The van der Waals surface area contributed by atoms with Crippen molar-refractivity contribution in [2.75, 3.05) is 0 Å². The first-order valence-electron chi connectivity index (χ1n) is 9.27. The molecular weight excluding hydrogens is 640 g/mol. The number of fused-ring (bicyclic) bond motifs is 1. The van der Waals surface area contributed by atoms with Gasteiger partial charge in [0.1, 0.15) is 24.0 Å². The van der Waals surface area contributed by atoms with Crippen molar-refractivity contribution in [3.05, 3.63) is 87.5 Å².